The molecule has 0 radical (unpaired) electrons. The molecule has 0 aliphatic rings. The molecule has 0 heterocycles. The average molecular weight is 292 g/mol. The Morgan fingerprint density at radius 1 is 1.33 bits per heavy atom. The lowest BCUT2D eigenvalue weighted by atomic mass is 10.1. The van der Waals surface area contributed by atoms with Crippen molar-refractivity contribution in [1.29, 1.82) is 0 Å². The maximum atomic E-state index is 11.9. The molecule has 1 aromatic rings. The van der Waals surface area contributed by atoms with Gasteiger partial charge in [-0.2, -0.15) is 0 Å². The van der Waals surface area contributed by atoms with E-state index in [1.807, 2.05) is 6.92 Å². The molecule has 2 atom stereocenters. The van der Waals surface area contributed by atoms with Gasteiger partial charge in [0.2, 0.25) is 0 Å². The minimum absolute atomic E-state index is 0.0811. The van der Waals surface area contributed by atoms with Crippen LogP contribution < -0.4 is 11.1 Å². The minimum atomic E-state index is -0.794. The molecule has 0 aromatic heterocycles. The number of nitrogens with one attached hydrogen (secondary N) is 1. The van der Waals surface area contributed by atoms with E-state index in [9.17, 15) is 9.59 Å². The van der Waals surface area contributed by atoms with Crippen molar-refractivity contribution in [3.8, 4) is 0 Å². The molecule has 1 rings (SSSR count). The van der Waals surface area contributed by atoms with Crippen LogP contribution in [0.15, 0.2) is 24.3 Å². The van der Waals surface area contributed by atoms with E-state index in [2.05, 4.69) is 12.2 Å². The van der Waals surface area contributed by atoms with Crippen molar-refractivity contribution in [2.24, 2.45) is 0 Å². The Bertz CT molecular complexity index is 488. The first-order valence-corrected chi connectivity index (χ1v) is 7.26. The molecule has 1 aromatic carbocycles. The summed E-state index contributed by atoms with van der Waals surface area (Å²) in [6.07, 6.45) is 1.20. The number of rotatable bonds is 7. The number of carbonyl (C=O) groups excluding carboxylic acids is 2. The Morgan fingerprint density at radius 3 is 2.67 bits per heavy atom. The molecule has 5 nitrogen and oxygen atoms in total. The van der Waals surface area contributed by atoms with Crippen LogP contribution in [-0.4, -0.2) is 24.0 Å². The second-order valence-corrected chi connectivity index (χ2v) is 5.25. The zero-order valence-electron chi connectivity index (χ0n) is 12.9. The summed E-state index contributed by atoms with van der Waals surface area (Å²) in [6.45, 7) is 5.56. The third kappa shape index (κ3) is 6.29. The second kappa shape index (κ2) is 8.29. The van der Waals surface area contributed by atoms with Crippen LogP contribution in [0.2, 0.25) is 0 Å². The van der Waals surface area contributed by atoms with Gasteiger partial charge >= 0.3 is 5.97 Å². The number of hydrogen-bond donors (Lipinski definition) is 2. The van der Waals surface area contributed by atoms with E-state index in [4.69, 9.17) is 10.5 Å². The molecule has 5 heteroatoms. The summed E-state index contributed by atoms with van der Waals surface area (Å²) in [4.78, 5) is 23.7. The van der Waals surface area contributed by atoms with Gasteiger partial charge < -0.3 is 15.8 Å². The van der Waals surface area contributed by atoms with E-state index >= 15 is 0 Å². The van der Waals surface area contributed by atoms with Crippen molar-refractivity contribution in [2.75, 3.05) is 5.73 Å². The van der Waals surface area contributed by atoms with Gasteiger partial charge in [-0.3, -0.25) is 9.59 Å². The summed E-state index contributed by atoms with van der Waals surface area (Å²) in [5.74, 6) is -0.705. The number of ether oxygens (including phenoxy) is 1. The lowest BCUT2D eigenvalue weighted by Gasteiger charge is -2.17. The molecule has 0 aliphatic carbocycles. The lowest BCUT2D eigenvalue weighted by molar-refractivity contribution is -0.154. The molecule has 0 bridgehead atoms. The van der Waals surface area contributed by atoms with Gasteiger partial charge in [-0.05, 0) is 38.0 Å². The van der Waals surface area contributed by atoms with Gasteiger partial charge in [0.15, 0.2) is 6.10 Å². The van der Waals surface area contributed by atoms with Crippen LogP contribution >= 0.6 is 0 Å². The maximum Gasteiger partial charge on any atom is 0.311 e. The summed E-state index contributed by atoms with van der Waals surface area (Å²) in [6, 6.07) is 7.12. The molecule has 21 heavy (non-hydrogen) atoms. The molecule has 3 N–H and O–H groups in total. The highest BCUT2D eigenvalue weighted by atomic mass is 16.5. The summed E-state index contributed by atoms with van der Waals surface area (Å²) < 4.78 is 5.14. The number of anilines is 1. The normalized spacial score (nSPS) is 13.3. The van der Waals surface area contributed by atoms with Gasteiger partial charge in [0, 0.05) is 11.7 Å². The molecule has 0 fully saturated rings. The van der Waals surface area contributed by atoms with Crippen LogP contribution in [0.5, 0.6) is 0 Å². The Labute approximate surface area is 125 Å². The molecule has 0 aliphatic heterocycles. The largest absolute Gasteiger partial charge is 0.452 e. The van der Waals surface area contributed by atoms with Gasteiger partial charge in [0.25, 0.3) is 5.91 Å². The van der Waals surface area contributed by atoms with Crippen LogP contribution in [0.4, 0.5) is 5.69 Å². The van der Waals surface area contributed by atoms with Crippen LogP contribution in [0, 0.1) is 0 Å². The van der Waals surface area contributed by atoms with E-state index in [1.54, 1.807) is 31.2 Å². The second-order valence-electron chi connectivity index (χ2n) is 5.25. The van der Waals surface area contributed by atoms with E-state index in [1.165, 1.54) is 0 Å². The number of carbonyl (C=O) groups is 2. The summed E-state index contributed by atoms with van der Waals surface area (Å²) in [7, 11) is 0. The fourth-order valence-electron chi connectivity index (χ4n) is 2.03. The monoisotopic (exact) mass is 292 g/mol. The first kappa shape index (κ1) is 17.0. The molecule has 0 spiro atoms. The molecule has 1 amide bonds. The van der Waals surface area contributed by atoms with Gasteiger partial charge in [-0.15, -0.1) is 0 Å². The van der Waals surface area contributed by atoms with Crippen LogP contribution in [-0.2, 0) is 20.7 Å². The SMILES string of the molecule is CCCC(C)NC(=O)C(C)OC(=O)Cc1cccc(N)c1. The Morgan fingerprint density at radius 2 is 2.05 bits per heavy atom. The van der Waals surface area contributed by atoms with Crippen molar-refractivity contribution in [2.45, 2.75) is 52.2 Å². The number of nitrogen functional groups attached to an aromatic ring is 1. The number of amides is 1. The van der Waals surface area contributed by atoms with Crippen LogP contribution in [0.3, 0.4) is 0 Å². The predicted molar refractivity (Wildman–Crippen MR) is 82.6 cm³/mol. The predicted octanol–water partition coefficient (Wildman–Crippen LogP) is 2.05. The van der Waals surface area contributed by atoms with Crippen LogP contribution in [0.25, 0.3) is 0 Å². The zero-order valence-corrected chi connectivity index (χ0v) is 12.9. The molecule has 2 unspecified atom stereocenters. The number of benzene rings is 1. The summed E-state index contributed by atoms with van der Waals surface area (Å²) >= 11 is 0. The van der Waals surface area contributed by atoms with E-state index in [0.29, 0.717) is 5.69 Å². The first-order valence-electron chi connectivity index (χ1n) is 7.26. The summed E-state index contributed by atoms with van der Waals surface area (Å²) in [5, 5.41) is 2.82. The van der Waals surface area contributed by atoms with Gasteiger partial charge in [0.05, 0.1) is 6.42 Å². The molecular formula is C16H24N2O3. The smallest absolute Gasteiger partial charge is 0.311 e. The Hall–Kier alpha value is -2.04. The quantitative estimate of drug-likeness (QED) is 0.595. The Balaban J connectivity index is 2.44. The average Bonchev–Trinajstić information content (AvgIpc) is 2.38. The molecular weight excluding hydrogens is 268 g/mol. The van der Waals surface area contributed by atoms with Crippen molar-refractivity contribution in [1.82, 2.24) is 5.32 Å². The number of hydrogen-bond acceptors (Lipinski definition) is 4. The zero-order chi connectivity index (χ0) is 15.8. The summed E-state index contributed by atoms with van der Waals surface area (Å²) in [5.41, 5.74) is 7.02. The molecule has 0 saturated heterocycles. The highest BCUT2D eigenvalue weighted by Gasteiger charge is 2.19. The van der Waals surface area contributed by atoms with Crippen molar-refractivity contribution >= 4 is 17.6 Å². The highest BCUT2D eigenvalue weighted by Crippen LogP contribution is 2.08. The lowest BCUT2D eigenvalue weighted by Crippen LogP contribution is -2.40. The third-order valence-corrected chi connectivity index (χ3v) is 3.09. The fraction of sp³-hybridized carbons (Fsp3) is 0.500. The van der Waals surface area contributed by atoms with Crippen molar-refractivity contribution < 1.29 is 14.3 Å². The molecule has 116 valence electrons. The minimum Gasteiger partial charge on any atom is -0.452 e. The van der Waals surface area contributed by atoms with E-state index in [-0.39, 0.29) is 18.4 Å². The van der Waals surface area contributed by atoms with Crippen molar-refractivity contribution in [3.63, 3.8) is 0 Å². The maximum absolute atomic E-state index is 11.9. The third-order valence-electron chi connectivity index (χ3n) is 3.09. The number of esters is 1. The fourth-order valence-corrected chi connectivity index (χ4v) is 2.03. The van der Waals surface area contributed by atoms with Crippen LogP contribution in [0.1, 0.15) is 39.2 Å². The van der Waals surface area contributed by atoms with Crippen molar-refractivity contribution in [3.05, 3.63) is 29.8 Å². The standard InChI is InChI=1S/C16H24N2O3/c1-4-6-11(2)18-16(20)12(3)21-15(19)10-13-7-5-8-14(17)9-13/h5,7-9,11-12H,4,6,10,17H2,1-3H3,(H,18,20). The van der Waals surface area contributed by atoms with E-state index in [0.717, 1.165) is 18.4 Å². The number of nitrogens with two attached hydrogens (primary N) is 1. The Kier molecular flexibility index (Phi) is 6.72. The topological polar surface area (TPSA) is 81.4 Å². The van der Waals surface area contributed by atoms with E-state index < -0.39 is 12.1 Å². The van der Waals surface area contributed by atoms with Gasteiger partial charge in [-0.25, -0.2) is 0 Å². The first-order chi connectivity index (χ1) is 9.92. The van der Waals surface area contributed by atoms with Gasteiger partial charge in [0.1, 0.15) is 0 Å². The highest BCUT2D eigenvalue weighted by molar-refractivity contribution is 5.84. The molecule has 0 saturated carbocycles. The van der Waals surface area contributed by atoms with Gasteiger partial charge in [-0.1, -0.05) is 25.5 Å².